The molecule has 1 amide bonds. The van der Waals surface area contributed by atoms with Crippen LogP contribution < -0.4 is 11.1 Å². The Morgan fingerprint density at radius 3 is 2.58 bits per heavy atom. The molecule has 1 rings (SSSR count). The number of alkyl halides is 3. The highest BCUT2D eigenvalue weighted by atomic mass is 35.5. The van der Waals surface area contributed by atoms with Crippen LogP contribution in [0.15, 0.2) is 18.2 Å². The number of nitrogens with one attached hydrogen (secondary N) is 1. The van der Waals surface area contributed by atoms with Crippen LogP contribution in [0.2, 0.25) is 5.02 Å². The summed E-state index contributed by atoms with van der Waals surface area (Å²) in [6.45, 7) is 1.89. The van der Waals surface area contributed by atoms with Crippen molar-refractivity contribution in [3.8, 4) is 0 Å². The van der Waals surface area contributed by atoms with E-state index in [0.29, 0.717) is 6.42 Å². The predicted molar refractivity (Wildman–Crippen MR) is 67.9 cm³/mol. The molecule has 0 bridgehead atoms. The fourth-order valence-electron chi connectivity index (χ4n) is 1.49. The second-order valence-corrected chi connectivity index (χ2v) is 4.43. The lowest BCUT2D eigenvalue weighted by atomic mass is 10.1. The Balaban J connectivity index is 2.98. The standard InChI is InChI=1S/C12H14ClF3N2O/c1-2-7(6-17)11(19)18-10-5-8(12(14,15)16)3-4-9(10)13/h3-5,7H,2,6,17H2,1H3,(H,18,19). The lowest BCUT2D eigenvalue weighted by Crippen LogP contribution is -2.28. The molecule has 0 saturated heterocycles. The van der Waals surface area contributed by atoms with E-state index in [2.05, 4.69) is 5.32 Å². The number of amides is 1. The van der Waals surface area contributed by atoms with E-state index in [1.54, 1.807) is 6.92 Å². The highest BCUT2D eigenvalue weighted by molar-refractivity contribution is 6.33. The van der Waals surface area contributed by atoms with E-state index in [4.69, 9.17) is 17.3 Å². The van der Waals surface area contributed by atoms with Crippen LogP contribution in [-0.2, 0) is 11.0 Å². The van der Waals surface area contributed by atoms with Gasteiger partial charge in [0.05, 0.1) is 22.2 Å². The predicted octanol–water partition coefficient (Wildman–Crippen LogP) is 3.28. The van der Waals surface area contributed by atoms with Crippen LogP contribution in [0.4, 0.5) is 18.9 Å². The molecule has 0 aliphatic carbocycles. The van der Waals surface area contributed by atoms with E-state index in [-0.39, 0.29) is 17.3 Å². The van der Waals surface area contributed by atoms with Crippen LogP contribution in [0, 0.1) is 5.92 Å². The molecule has 0 aliphatic heterocycles. The third kappa shape index (κ3) is 4.11. The van der Waals surface area contributed by atoms with Crippen LogP contribution in [-0.4, -0.2) is 12.5 Å². The molecule has 1 aromatic carbocycles. The van der Waals surface area contributed by atoms with Crippen molar-refractivity contribution >= 4 is 23.2 Å². The first kappa shape index (κ1) is 15.8. The van der Waals surface area contributed by atoms with E-state index in [1.807, 2.05) is 0 Å². The average molecular weight is 295 g/mol. The maximum absolute atomic E-state index is 12.6. The molecular weight excluding hydrogens is 281 g/mol. The smallest absolute Gasteiger partial charge is 0.330 e. The van der Waals surface area contributed by atoms with E-state index in [1.165, 1.54) is 0 Å². The summed E-state index contributed by atoms with van der Waals surface area (Å²) < 4.78 is 37.7. The summed E-state index contributed by atoms with van der Waals surface area (Å²) in [4.78, 5) is 11.8. The Morgan fingerprint density at radius 1 is 1.47 bits per heavy atom. The SMILES string of the molecule is CCC(CN)C(=O)Nc1cc(C(F)(F)F)ccc1Cl. The number of carbonyl (C=O) groups excluding carboxylic acids is 1. The normalized spacial score (nSPS) is 13.2. The van der Waals surface area contributed by atoms with Crippen LogP contribution in [0.1, 0.15) is 18.9 Å². The number of hydrogen-bond acceptors (Lipinski definition) is 2. The molecular formula is C12H14ClF3N2O. The third-order valence-electron chi connectivity index (χ3n) is 2.70. The topological polar surface area (TPSA) is 55.1 Å². The highest BCUT2D eigenvalue weighted by Gasteiger charge is 2.31. The van der Waals surface area contributed by atoms with Gasteiger partial charge in [-0.15, -0.1) is 0 Å². The van der Waals surface area contributed by atoms with E-state index in [0.717, 1.165) is 18.2 Å². The first-order valence-corrected chi connectivity index (χ1v) is 6.05. The van der Waals surface area contributed by atoms with Crippen molar-refractivity contribution < 1.29 is 18.0 Å². The monoisotopic (exact) mass is 294 g/mol. The number of nitrogens with two attached hydrogens (primary N) is 1. The highest BCUT2D eigenvalue weighted by Crippen LogP contribution is 2.33. The molecule has 19 heavy (non-hydrogen) atoms. The fraction of sp³-hybridized carbons (Fsp3) is 0.417. The summed E-state index contributed by atoms with van der Waals surface area (Å²) in [5.41, 5.74) is 4.47. The zero-order valence-electron chi connectivity index (χ0n) is 10.2. The largest absolute Gasteiger partial charge is 0.416 e. The number of halogens is 4. The minimum absolute atomic E-state index is 0.0493. The summed E-state index contributed by atoms with van der Waals surface area (Å²) in [6.07, 6.45) is -3.99. The quantitative estimate of drug-likeness (QED) is 0.895. The minimum Gasteiger partial charge on any atom is -0.330 e. The number of rotatable bonds is 4. The lowest BCUT2D eigenvalue weighted by Gasteiger charge is -2.15. The summed E-state index contributed by atoms with van der Waals surface area (Å²) in [5, 5.41) is 2.42. The lowest BCUT2D eigenvalue weighted by molar-refractivity contribution is -0.137. The van der Waals surface area contributed by atoms with Gasteiger partial charge in [-0.25, -0.2) is 0 Å². The molecule has 3 nitrogen and oxygen atoms in total. The molecule has 1 atom stereocenters. The zero-order chi connectivity index (χ0) is 14.6. The van der Waals surface area contributed by atoms with Crippen LogP contribution in [0.25, 0.3) is 0 Å². The van der Waals surface area contributed by atoms with Gasteiger partial charge in [-0.3, -0.25) is 4.79 Å². The molecule has 0 spiro atoms. The Hall–Kier alpha value is -1.27. The van der Waals surface area contributed by atoms with Gasteiger partial charge in [-0.1, -0.05) is 18.5 Å². The van der Waals surface area contributed by atoms with E-state index in [9.17, 15) is 18.0 Å². The van der Waals surface area contributed by atoms with Crippen LogP contribution >= 0.6 is 11.6 Å². The fourth-order valence-corrected chi connectivity index (χ4v) is 1.66. The van der Waals surface area contributed by atoms with E-state index >= 15 is 0 Å². The average Bonchev–Trinajstić information content (AvgIpc) is 2.32. The van der Waals surface area contributed by atoms with Gasteiger partial charge in [-0.2, -0.15) is 13.2 Å². The molecule has 7 heteroatoms. The van der Waals surface area contributed by atoms with Gasteiger partial charge in [0.2, 0.25) is 5.91 Å². The molecule has 1 unspecified atom stereocenters. The molecule has 0 radical (unpaired) electrons. The molecule has 0 aliphatic rings. The molecule has 0 fully saturated rings. The van der Waals surface area contributed by atoms with Gasteiger partial charge in [0, 0.05) is 6.54 Å². The van der Waals surface area contributed by atoms with Gasteiger partial charge >= 0.3 is 6.18 Å². The Labute approximate surface area is 113 Å². The third-order valence-corrected chi connectivity index (χ3v) is 3.03. The zero-order valence-corrected chi connectivity index (χ0v) is 11.0. The van der Waals surface area contributed by atoms with Crippen molar-refractivity contribution in [3.63, 3.8) is 0 Å². The van der Waals surface area contributed by atoms with Gasteiger partial charge < -0.3 is 11.1 Å². The molecule has 0 heterocycles. The number of benzene rings is 1. The van der Waals surface area contributed by atoms with Crippen molar-refractivity contribution in [2.24, 2.45) is 11.7 Å². The number of hydrogen-bond donors (Lipinski definition) is 2. The van der Waals surface area contributed by atoms with Crippen molar-refractivity contribution in [2.75, 3.05) is 11.9 Å². The Morgan fingerprint density at radius 2 is 2.11 bits per heavy atom. The van der Waals surface area contributed by atoms with Gasteiger partial charge in [0.25, 0.3) is 0 Å². The summed E-state index contributed by atoms with van der Waals surface area (Å²) in [6, 6.07) is 2.77. The number of carbonyl (C=O) groups is 1. The molecule has 1 aromatic rings. The van der Waals surface area contributed by atoms with Crippen molar-refractivity contribution in [1.29, 1.82) is 0 Å². The summed E-state index contributed by atoms with van der Waals surface area (Å²) >= 11 is 5.77. The number of anilines is 1. The second kappa shape index (κ2) is 6.25. The van der Waals surface area contributed by atoms with Crippen molar-refractivity contribution in [1.82, 2.24) is 0 Å². The van der Waals surface area contributed by atoms with Crippen LogP contribution in [0.3, 0.4) is 0 Å². The van der Waals surface area contributed by atoms with Crippen molar-refractivity contribution in [2.45, 2.75) is 19.5 Å². The molecule has 0 aromatic heterocycles. The molecule has 0 saturated carbocycles. The van der Waals surface area contributed by atoms with Crippen molar-refractivity contribution in [3.05, 3.63) is 28.8 Å². The van der Waals surface area contributed by atoms with Gasteiger partial charge in [-0.05, 0) is 24.6 Å². The summed E-state index contributed by atoms with van der Waals surface area (Å²) in [5.74, 6) is -0.892. The molecule has 3 N–H and O–H groups in total. The maximum Gasteiger partial charge on any atom is 0.416 e. The van der Waals surface area contributed by atoms with E-state index < -0.39 is 23.6 Å². The minimum atomic E-state index is -4.48. The first-order valence-electron chi connectivity index (χ1n) is 5.67. The van der Waals surface area contributed by atoms with Gasteiger partial charge in [0.15, 0.2) is 0 Å². The molecule has 106 valence electrons. The Bertz CT molecular complexity index is 459. The van der Waals surface area contributed by atoms with Crippen LogP contribution in [0.5, 0.6) is 0 Å². The first-order chi connectivity index (χ1) is 8.79. The summed E-state index contributed by atoms with van der Waals surface area (Å²) in [7, 11) is 0. The van der Waals surface area contributed by atoms with Gasteiger partial charge in [0.1, 0.15) is 0 Å². The second-order valence-electron chi connectivity index (χ2n) is 4.02. The maximum atomic E-state index is 12.6. The Kier molecular flexibility index (Phi) is 5.20.